The van der Waals surface area contributed by atoms with E-state index in [9.17, 15) is 4.79 Å². The van der Waals surface area contributed by atoms with Gasteiger partial charge in [0.05, 0.1) is 12.5 Å². The Morgan fingerprint density at radius 2 is 2.20 bits per heavy atom. The average Bonchev–Trinajstić information content (AvgIpc) is 1.86. The lowest BCUT2D eigenvalue weighted by atomic mass is 10.2. The Morgan fingerprint density at radius 1 is 1.60 bits per heavy atom. The van der Waals surface area contributed by atoms with Crippen molar-refractivity contribution in [3.05, 3.63) is 0 Å². The van der Waals surface area contributed by atoms with Gasteiger partial charge in [-0.2, -0.15) is 0 Å². The second-order valence-corrected chi connectivity index (χ2v) is 2.08. The van der Waals surface area contributed by atoms with E-state index in [2.05, 4.69) is 0 Å². The summed E-state index contributed by atoms with van der Waals surface area (Å²) in [5.41, 5.74) is 0. The van der Waals surface area contributed by atoms with E-state index in [0.717, 1.165) is 6.42 Å². The van der Waals surface area contributed by atoms with Crippen LogP contribution in [0.3, 0.4) is 0 Å². The number of rotatable bonds is 5. The van der Waals surface area contributed by atoms with E-state index in [-0.39, 0.29) is 12.5 Å². The van der Waals surface area contributed by atoms with Crippen molar-refractivity contribution in [2.45, 2.75) is 32.8 Å². The first-order chi connectivity index (χ1) is 4.70. The third kappa shape index (κ3) is 4.32. The van der Waals surface area contributed by atoms with E-state index in [1.807, 2.05) is 13.8 Å². The van der Waals surface area contributed by atoms with Crippen molar-refractivity contribution in [3.63, 3.8) is 0 Å². The third-order valence-electron chi connectivity index (χ3n) is 1.26. The molecule has 0 aromatic carbocycles. The number of ether oxygens (including phenoxy) is 1. The molecule has 3 heteroatoms. The molecule has 60 valence electrons. The molecule has 1 atom stereocenters. The smallest absolute Gasteiger partial charge is 0.305 e. The summed E-state index contributed by atoms with van der Waals surface area (Å²) in [4.78, 5) is 10.2. The molecule has 0 radical (unpaired) electrons. The number of hydrogen-bond acceptors (Lipinski definition) is 2. The fourth-order valence-electron chi connectivity index (χ4n) is 0.752. The Morgan fingerprint density at radius 3 is 2.50 bits per heavy atom. The molecule has 0 saturated carbocycles. The molecule has 1 N–H and O–H groups in total. The highest BCUT2D eigenvalue weighted by molar-refractivity contribution is 5.67. The SMILES string of the molecule is CCOC(CC)CC(=O)O. The van der Waals surface area contributed by atoms with Gasteiger partial charge in [0, 0.05) is 6.61 Å². The molecule has 1 unspecified atom stereocenters. The van der Waals surface area contributed by atoms with E-state index in [4.69, 9.17) is 9.84 Å². The van der Waals surface area contributed by atoms with Gasteiger partial charge < -0.3 is 9.84 Å². The van der Waals surface area contributed by atoms with Crippen molar-refractivity contribution in [2.75, 3.05) is 6.61 Å². The summed E-state index contributed by atoms with van der Waals surface area (Å²) in [5, 5.41) is 8.36. The van der Waals surface area contributed by atoms with Gasteiger partial charge in [-0.15, -0.1) is 0 Å². The first kappa shape index (κ1) is 9.43. The van der Waals surface area contributed by atoms with Gasteiger partial charge in [-0.3, -0.25) is 4.79 Å². The van der Waals surface area contributed by atoms with Gasteiger partial charge in [0.25, 0.3) is 0 Å². The van der Waals surface area contributed by atoms with Crippen LogP contribution in [0, 0.1) is 0 Å². The van der Waals surface area contributed by atoms with Gasteiger partial charge in [-0.05, 0) is 13.3 Å². The molecule has 0 aliphatic heterocycles. The maximum Gasteiger partial charge on any atom is 0.305 e. The lowest BCUT2D eigenvalue weighted by Crippen LogP contribution is -2.16. The fourth-order valence-corrected chi connectivity index (χ4v) is 0.752. The molecule has 0 aliphatic rings. The molecule has 0 fully saturated rings. The van der Waals surface area contributed by atoms with Gasteiger partial charge in [0.1, 0.15) is 0 Å². The Hall–Kier alpha value is -0.570. The highest BCUT2D eigenvalue weighted by Crippen LogP contribution is 2.02. The normalized spacial score (nSPS) is 13.0. The van der Waals surface area contributed by atoms with Crippen LogP contribution >= 0.6 is 0 Å². The predicted octanol–water partition coefficient (Wildman–Crippen LogP) is 1.28. The zero-order chi connectivity index (χ0) is 7.98. The number of aliphatic carboxylic acids is 1. The van der Waals surface area contributed by atoms with Crippen LogP contribution in [0.15, 0.2) is 0 Å². The summed E-state index contributed by atoms with van der Waals surface area (Å²) < 4.78 is 5.12. The van der Waals surface area contributed by atoms with Crippen LogP contribution in [0.2, 0.25) is 0 Å². The lowest BCUT2D eigenvalue weighted by Gasteiger charge is -2.10. The molecule has 10 heavy (non-hydrogen) atoms. The number of carboxylic acid groups (broad SMARTS) is 1. The average molecular weight is 146 g/mol. The Balaban J connectivity index is 3.49. The third-order valence-corrected chi connectivity index (χ3v) is 1.26. The summed E-state index contributed by atoms with van der Waals surface area (Å²) in [5.74, 6) is -0.791. The van der Waals surface area contributed by atoms with Gasteiger partial charge in [0.15, 0.2) is 0 Å². The second kappa shape index (κ2) is 5.23. The topological polar surface area (TPSA) is 46.5 Å². The molecule has 0 amide bonds. The molecule has 0 bridgehead atoms. The summed E-state index contributed by atoms with van der Waals surface area (Å²) >= 11 is 0. The maximum absolute atomic E-state index is 10.2. The number of carbonyl (C=O) groups is 1. The second-order valence-electron chi connectivity index (χ2n) is 2.08. The van der Waals surface area contributed by atoms with E-state index in [0.29, 0.717) is 6.61 Å². The first-order valence-corrected chi connectivity index (χ1v) is 3.54. The van der Waals surface area contributed by atoms with Crippen LogP contribution < -0.4 is 0 Å². The molecule has 0 aliphatic carbocycles. The number of carboxylic acids is 1. The van der Waals surface area contributed by atoms with Crippen molar-refractivity contribution in [1.29, 1.82) is 0 Å². The Labute approximate surface area is 61.0 Å². The van der Waals surface area contributed by atoms with Crippen molar-refractivity contribution in [2.24, 2.45) is 0 Å². The van der Waals surface area contributed by atoms with E-state index >= 15 is 0 Å². The van der Waals surface area contributed by atoms with Crippen LogP contribution in [0.4, 0.5) is 0 Å². The fraction of sp³-hybridized carbons (Fsp3) is 0.857. The Bertz CT molecular complexity index is 101. The summed E-state index contributed by atoms with van der Waals surface area (Å²) in [6.45, 7) is 4.37. The van der Waals surface area contributed by atoms with E-state index < -0.39 is 5.97 Å². The summed E-state index contributed by atoms with van der Waals surface area (Å²) in [6.07, 6.45) is 0.771. The largest absolute Gasteiger partial charge is 0.481 e. The molecule has 0 aromatic heterocycles. The van der Waals surface area contributed by atoms with Crippen molar-refractivity contribution in [1.82, 2.24) is 0 Å². The van der Waals surface area contributed by atoms with E-state index in [1.54, 1.807) is 0 Å². The monoisotopic (exact) mass is 146 g/mol. The minimum Gasteiger partial charge on any atom is -0.481 e. The van der Waals surface area contributed by atoms with Crippen molar-refractivity contribution >= 4 is 5.97 Å². The minimum absolute atomic E-state index is 0.109. The van der Waals surface area contributed by atoms with Crippen molar-refractivity contribution < 1.29 is 14.6 Å². The zero-order valence-corrected chi connectivity index (χ0v) is 6.46. The molecule has 0 aromatic rings. The maximum atomic E-state index is 10.2. The van der Waals surface area contributed by atoms with Gasteiger partial charge in [-0.1, -0.05) is 6.92 Å². The predicted molar refractivity (Wildman–Crippen MR) is 38.0 cm³/mol. The molecular formula is C7H14O3. The van der Waals surface area contributed by atoms with Crippen LogP contribution in [0.25, 0.3) is 0 Å². The molecular weight excluding hydrogens is 132 g/mol. The highest BCUT2D eigenvalue weighted by atomic mass is 16.5. The van der Waals surface area contributed by atoms with Crippen LogP contribution in [0.1, 0.15) is 26.7 Å². The quantitative estimate of drug-likeness (QED) is 0.635. The molecule has 0 saturated heterocycles. The van der Waals surface area contributed by atoms with Crippen LogP contribution in [-0.4, -0.2) is 23.8 Å². The molecule has 3 nitrogen and oxygen atoms in total. The molecule has 0 spiro atoms. The zero-order valence-electron chi connectivity index (χ0n) is 6.46. The summed E-state index contributed by atoms with van der Waals surface area (Å²) in [7, 11) is 0. The van der Waals surface area contributed by atoms with Gasteiger partial charge in [0.2, 0.25) is 0 Å². The number of hydrogen-bond donors (Lipinski definition) is 1. The first-order valence-electron chi connectivity index (χ1n) is 3.54. The van der Waals surface area contributed by atoms with E-state index in [1.165, 1.54) is 0 Å². The van der Waals surface area contributed by atoms with Gasteiger partial charge in [-0.25, -0.2) is 0 Å². The van der Waals surface area contributed by atoms with Crippen molar-refractivity contribution in [3.8, 4) is 0 Å². The highest BCUT2D eigenvalue weighted by Gasteiger charge is 2.09. The standard InChI is InChI=1S/C7H14O3/c1-3-6(10-4-2)5-7(8)9/h6H,3-5H2,1-2H3,(H,8,9). The van der Waals surface area contributed by atoms with Gasteiger partial charge >= 0.3 is 5.97 Å². The van der Waals surface area contributed by atoms with Crippen LogP contribution in [0.5, 0.6) is 0 Å². The molecule has 0 heterocycles. The summed E-state index contributed by atoms with van der Waals surface area (Å²) in [6, 6.07) is 0. The Kier molecular flexibility index (Phi) is 4.94. The molecule has 0 rings (SSSR count). The minimum atomic E-state index is -0.791. The van der Waals surface area contributed by atoms with Crippen LogP contribution in [-0.2, 0) is 9.53 Å². The lowest BCUT2D eigenvalue weighted by molar-refractivity contribution is -0.140.